The Bertz CT molecular complexity index is 170. The van der Waals surface area contributed by atoms with Gasteiger partial charge in [0.2, 0.25) is 0 Å². The molecular weight excluding hydrogens is 124 g/mol. The monoisotopic (exact) mass is 138 g/mol. The van der Waals surface area contributed by atoms with Gasteiger partial charge in [0.1, 0.15) is 0 Å². The van der Waals surface area contributed by atoms with Crippen molar-refractivity contribution in [3.63, 3.8) is 0 Å². The lowest BCUT2D eigenvalue weighted by atomic mass is 9.83. The average molecular weight is 138 g/mol. The van der Waals surface area contributed by atoms with Crippen LogP contribution in [0.4, 0.5) is 0 Å². The fourth-order valence-electron chi connectivity index (χ4n) is 1.39. The first-order valence-electron chi connectivity index (χ1n) is 3.66. The highest BCUT2D eigenvalue weighted by Gasteiger charge is 2.22. The molecule has 0 aromatic rings. The summed E-state index contributed by atoms with van der Waals surface area (Å²) in [6.45, 7) is 9.72. The van der Waals surface area contributed by atoms with Crippen LogP contribution in [0, 0.1) is 5.92 Å². The topological polar surface area (TPSA) is 20.2 Å². The molecule has 0 aliphatic heterocycles. The number of hydrogen-bond donors (Lipinski definition) is 1. The van der Waals surface area contributed by atoms with E-state index in [1.54, 1.807) is 0 Å². The summed E-state index contributed by atoms with van der Waals surface area (Å²) >= 11 is 0. The molecule has 2 atom stereocenters. The lowest BCUT2D eigenvalue weighted by molar-refractivity contribution is 0.169. The summed E-state index contributed by atoms with van der Waals surface area (Å²) in [5.41, 5.74) is 1.85. The van der Waals surface area contributed by atoms with Crippen LogP contribution in [0.1, 0.15) is 19.8 Å². The number of rotatable bonds is 0. The number of aliphatic hydroxyl groups is 1. The van der Waals surface area contributed by atoms with Crippen molar-refractivity contribution >= 4 is 0 Å². The number of hydrogen-bond acceptors (Lipinski definition) is 1. The van der Waals surface area contributed by atoms with E-state index in [0.717, 1.165) is 24.0 Å². The SMILES string of the molecule is C=C1CC(C)CC(O)C1=C. The van der Waals surface area contributed by atoms with Crippen molar-refractivity contribution < 1.29 is 5.11 Å². The van der Waals surface area contributed by atoms with Crippen molar-refractivity contribution in [1.29, 1.82) is 0 Å². The van der Waals surface area contributed by atoms with Crippen molar-refractivity contribution in [3.8, 4) is 0 Å². The molecule has 1 heteroatoms. The first-order chi connectivity index (χ1) is 4.61. The first kappa shape index (κ1) is 7.55. The molecular formula is C9H14O. The van der Waals surface area contributed by atoms with Crippen LogP contribution in [-0.2, 0) is 0 Å². The van der Waals surface area contributed by atoms with E-state index < -0.39 is 0 Å². The standard InChI is InChI=1S/C9H14O/c1-6-4-7(2)8(3)9(10)5-6/h6,9-10H,2-5H2,1H3. The highest BCUT2D eigenvalue weighted by atomic mass is 16.3. The smallest absolute Gasteiger partial charge is 0.0789 e. The fraction of sp³-hybridized carbons (Fsp3) is 0.556. The van der Waals surface area contributed by atoms with Crippen molar-refractivity contribution in [2.75, 3.05) is 0 Å². The molecule has 1 N–H and O–H groups in total. The van der Waals surface area contributed by atoms with Crippen LogP contribution in [0.15, 0.2) is 24.3 Å². The zero-order valence-corrected chi connectivity index (χ0v) is 6.43. The minimum Gasteiger partial charge on any atom is -0.388 e. The lowest BCUT2D eigenvalue weighted by Crippen LogP contribution is -2.21. The molecule has 1 aliphatic rings. The Morgan fingerprint density at radius 2 is 2.10 bits per heavy atom. The zero-order valence-electron chi connectivity index (χ0n) is 6.43. The van der Waals surface area contributed by atoms with Crippen LogP contribution in [0.25, 0.3) is 0 Å². The number of aliphatic hydroxyl groups excluding tert-OH is 1. The molecule has 1 nitrogen and oxygen atoms in total. The van der Waals surface area contributed by atoms with Crippen LogP contribution in [0.5, 0.6) is 0 Å². The van der Waals surface area contributed by atoms with Gasteiger partial charge in [0.25, 0.3) is 0 Å². The average Bonchev–Trinajstić information content (AvgIpc) is 1.82. The van der Waals surface area contributed by atoms with E-state index >= 15 is 0 Å². The Morgan fingerprint density at radius 1 is 1.50 bits per heavy atom. The normalized spacial score (nSPS) is 34.6. The predicted octanol–water partition coefficient (Wildman–Crippen LogP) is 1.89. The van der Waals surface area contributed by atoms with Gasteiger partial charge in [0, 0.05) is 0 Å². The molecule has 56 valence electrons. The van der Waals surface area contributed by atoms with Gasteiger partial charge in [-0.15, -0.1) is 0 Å². The van der Waals surface area contributed by atoms with E-state index in [4.69, 9.17) is 0 Å². The van der Waals surface area contributed by atoms with Crippen LogP contribution in [0.3, 0.4) is 0 Å². The summed E-state index contributed by atoms with van der Waals surface area (Å²) in [7, 11) is 0. The van der Waals surface area contributed by atoms with Gasteiger partial charge in [0.15, 0.2) is 0 Å². The van der Waals surface area contributed by atoms with Crippen molar-refractivity contribution in [2.24, 2.45) is 5.92 Å². The molecule has 2 unspecified atom stereocenters. The van der Waals surface area contributed by atoms with Crippen LogP contribution >= 0.6 is 0 Å². The zero-order chi connectivity index (χ0) is 7.72. The molecule has 0 saturated heterocycles. The summed E-state index contributed by atoms with van der Waals surface area (Å²) in [4.78, 5) is 0. The second-order valence-corrected chi connectivity index (χ2v) is 3.19. The predicted molar refractivity (Wildman–Crippen MR) is 42.7 cm³/mol. The second kappa shape index (κ2) is 2.59. The van der Waals surface area contributed by atoms with Gasteiger partial charge < -0.3 is 5.11 Å². The summed E-state index contributed by atoms with van der Waals surface area (Å²) in [5, 5.41) is 9.36. The highest BCUT2D eigenvalue weighted by molar-refractivity contribution is 5.31. The molecule has 1 saturated carbocycles. The molecule has 1 aliphatic carbocycles. The Labute approximate surface area is 62.1 Å². The fourth-order valence-corrected chi connectivity index (χ4v) is 1.39. The summed E-state index contributed by atoms with van der Waals surface area (Å²) in [5.74, 6) is 0.563. The van der Waals surface area contributed by atoms with E-state index in [1.165, 1.54) is 0 Å². The molecule has 0 aromatic carbocycles. The van der Waals surface area contributed by atoms with Gasteiger partial charge in [-0.2, -0.15) is 0 Å². The third-order valence-corrected chi connectivity index (χ3v) is 2.08. The molecule has 0 amide bonds. The molecule has 0 spiro atoms. The Hall–Kier alpha value is -0.560. The van der Waals surface area contributed by atoms with E-state index in [1.807, 2.05) is 0 Å². The molecule has 0 aromatic heterocycles. The van der Waals surface area contributed by atoms with Gasteiger partial charge in [-0.25, -0.2) is 0 Å². The summed E-state index contributed by atoms with van der Waals surface area (Å²) in [6, 6.07) is 0. The third-order valence-electron chi connectivity index (χ3n) is 2.08. The van der Waals surface area contributed by atoms with E-state index in [2.05, 4.69) is 20.1 Å². The van der Waals surface area contributed by atoms with Gasteiger partial charge in [-0.3, -0.25) is 0 Å². The molecule has 0 radical (unpaired) electrons. The third kappa shape index (κ3) is 1.29. The molecule has 0 bridgehead atoms. The Kier molecular flexibility index (Phi) is 1.95. The minimum atomic E-state index is -0.337. The Balaban J connectivity index is 2.66. The van der Waals surface area contributed by atoms with E-state index in [-0.39, 0.29) is 6.10 Å². The Morgan fingerprint density at radius 3 is 2.60 bits per heavy atom. The van der Waals surface area contributed by atoms with Gasteiger partial charge in [0.05, 0.1) is 6.10 Å². The van der Waals surface area contributed by atoms with E-state index in [0.29, 0.717) is 5.92 Å². The summed E-state index contributed by atoms with van der Waals surface area (Å²) < 4.78 is 0. The molecule has 10 heavy (non-hydrogen) atoms. The summed E-state index contributed by atoms with van der Waals surface area (Å²) in [6.07, 6.45) is 1.50. The van der Waals surface area contributed by atoms with E-state index in [9.17, 15) is 5.11 Å². The minimum absolute atomic E-state index is 0.337. The second-order valence-electron chi connectivity index (χ2n) is 3.19. The maximum atomic E-state index is 9.36. The highest BCUT2D eigenvalue weighted by Crippen LogP contribution is 2.30. The first-order valence-corrected chi connectivity index (χ1v) is 3.66. The molecule has 0 heterocycles. The van der Waals surface area contributed by atoms with Gasteiger partial charge in [-0.05, 0) is 29.9 Å². The maximum Gasteiger partial charge on any atom is 0.0789 e. The van der Waals surface area contributed by atoms with Crippen LogP contribution in [-0.4, -0.2) is 11.2 Å². The van der Waals surface area contributed by atoms with Crippen LogP contribution in [0.2, 0.25) is 0 Å². The van der Waals surface area contributed by atoms with Crippen molar-refractivity contribution in [1.82, 2.24) is 0 Å². The quantitative estimate of drug-likeness (QED) is 0.542. The molecule has 1 fully saturated rings. The largest absolute Gasteiger partial charge is 0.388 e. The van der Waals surface area contributed by atoms with Gasteiger partial charge in [-0.1, -0.05) is 20.1 Å². The van der Waals surface area contributed by atoms with Gasteiger partial charge >= 0.3 is 0 Å². The van der Waals surface area contributed by atoms with Crippen molar-refractivity contribution in [3.05, 3.63) is 24.3 Å². The maximum absolute atomic E-state index is 9.36. The van der Waals surface area contributed by atoms with Crippen LogP contribution < -0.4 is 0 Å². The molecule has 1 rings (SSSR count). The van der Waals surface area contributed by atoms with Crippen molar-refractivity contribution in [2.45, 2.75) is 25.9 Å². The lowest BCUT2D eigenvalue weighted by Gasteiger charge is -2.26.